The molecule has 0 spiro atoms. The molecule has 3 aromatic rings. The Labute approximate surface area is 121 Å². The number of rotatable bonds is 4. The molecule has 100 valence electrons. The largest absolute Gasteiger partial charge is 0.481 e. The number of thioether (sulfide) groups is 1. The minimum absolute atomic E-state index is 0.149. The predicted molar refractivity (Wildman–Crippen MR) is 85.3 cm³/mol. The summed E-state index contributed by atoms with van der Waals surface area (Å²) in [5.41, 5.74) is 1.17. The van der Waals surface area contributed by atoms with Crippen molar-refractivity contribution in [3.05, 3.63) is 60.2 Å². The van der Waals surface area contributed by atoms with E-state index in [4.69, 9.17) is 5.11 Å². The van der Waals surface area contributed by atoms with E-state index in [9.17, 15) is 4.79 Å². The first-order valence-electron chi connectivity index (χ1n) is 6.43. The number of carbonyl (C=O) groups is 1. The summed E-state index contributed by atoms with van der Waals surface area (Å²) in [7, 11) is 0. The van der Waals surface area contributed by atoms with E-state index in [1.54, 1.807) is 0 Å². The number of carboxylic acids is 1. The minimum atomic E-state index is -0.762. The van der Waals surface area contributed by atoms with Crippen molar-refractivity contribution >= 4 is 39.3 Å². The smallest absolute Gasteiger partial charge is 0.313 e. The normalized spacial score (nSPS) is 11.0. The molecule has 0 aliphatic carbocycles. The van der Waals surface area contributed by atoms with Crippen LogP contribution in [0.1, 0.15) is 5.56 Å². The van der Waals surface area contributed by atoms with Crippen molar-refractivity contribution in [2.45, 2.75) is 5.75 Å². The van der Waals surface area contributed by atoms with Gasteiger partial charge in [-0.2, -0.15) is 0 Å². The van der Waals surface area contributed by atoms with Crippen molar-refractivity contribution in [2.24, 2.45) is 0 Å². The maximum absolute atomic E-state index is 10.5. The standard InChI is InChI=1S/C17H14O2S/c18-17(19)11-20-10-12-5-6-15-8-13-3-1-2-4-14(13)9-16(15)7-12/h1-9H,10-11H2,(H,18,19). The van der Waals surface area contributed by atoms with Gasteiger partial charge in [0.05, 0.1) is 5.75 Å². The van der Waals surface area contributed by atoms with E-state index in [0.29, 0.717) is 0 Å². The molecule has 20 heavy (non-hydrogen) atoms. The van der Waals surface area contributed by atoms with Gasteiger partial charge in [0.25, 0.3) is 0 Å². The fraction of sp³-hybridized carbons (Fsp3) is 0.118. The highest BCUT2D eigenvalue weighted by molar-refractivity contribution is 7.99. The maximum Gasteiger partial charge on any atom is 0.313 e. The van der Waals surface area contributed by atoms with Crippen molar-refractivity contribution in [2.75, 3.05) is 5.75 Å². The zero-order valence-corrected chi connectivity index (χ0v) is 11.7. The molecule has 0 saturated carbocycles. The lowest BCUT2D eigenvalue weighted by Gasteiger charge is -2.05. The van der Waals surface area contributed by atoms with Gasteiger partial charge in [0.2, 0.25) is 0 Å². The average Bonchev–Trinajstić information content (AvgIpc) is 2.44. The van der Waals surface area contributed by atoms with Gasteiger partial charge in [-0.25, -0.2) is 0 Å². The highest BCUT2D eigenvalue weighted by Crippen LogP contribution is 2.25. The summed E-state index contributed by atoms with van der Waals surface area (Å²) in [6.45, 7) is 0. The number of carboxylic acid groups (broad SMARTS) is 1. The Morgan fingerprint density at radius 1 is 0.900 bits per heavy atom. The van der Waals surface area contributed by atoms with E-state index in [1.165, 1.54) is 38.9 Å². The first-order valence-corrected chi connectivity index (χ1v) is 7.59. The van der Waals surface area contributed by atoms with Gasteiger partial charge in [-0.05, 0) is 39.2 Å². The molecular formula is C17H14O2S. The Hall–Kier alpha value is -2.00. The third kappa shape index (κ3) is 2.78. The van der Waals surface area contributed by atoms with Gasteiger partial charge in [0.15, 0.2) is 0 Å². The van der Waals surface area contributed by atoms with Crippen LogP contribution in [0.3, 0.4) is 0 Å². The van der Waals surface area contributed by atoms with Gasteiger partial charge < -0.3 is 5.11 Å². The van der Waals surface area contributed by atoms with E-state index < -0.39 is 5.97 Å². The number of fused-ring (bicyclic) bond motifs is 2. The van der Waals surface area contributed by atoms with Crippen LogP contribution in [0, 0.1) is 0 Å². The molecule has 0 aliphatic rings. The Balaban J connectivity index is 1.93. The van der Waals surface area contributed by atoms with Crippen LogP contribution in [0.2, 0.25) is 0 Å². The summed E-state index contributed by atoms with van der Waals surface area (Å²) < 4.78 is 0. The lowest BCUT2D eigenvalue weighted by Crippen LogP contribution is -1.98. The molecule has 0 saturated heterocycles. The van der Waals surface area contributed by atoms with Crippen molar-refractivity contribution in [1.29, 1.82) is 0 Å². The lowest BCUT2D eigenvalue weighted by atomic mass is 10.0. The molecule has 0 unspecified atom stereocenters. The summed E-state index contributed by atoms with van der Waals surface area (Å²) >= 11 is 1.43. The van der Waals surface area contributed by atoms with Crippen molar-refractivity contribution < 1.29 is 9.90 Å². The van der Waals surface area contributed by atoms with E-state index in [2.05, 4.69) is 42.5 Å². The number of hydrogen-bond acceptors (Lipinski definition) is 2. The van der Waals surface area contributed by atoms with Crippen LogP contribution in [0.4, 0.5) is 0 Å². The lowest BCUT2D eigenvalue weighted by molar-refractivity contribution is -0.133. The van der Waals surface area contributed by atoms with E-state index in [1.807, 2.05) is 12.1 Å². The molecule has 0 fully saturated rings. The Morgan fingerprint density at radius 3 is 2.25 bits per heavy atom. The van der Waals surface area contributed by atoms with Crippen LogP contribution in [0.5, 0.6) is 0 Å². The van der Waals surface area contributed by atoms with Gasteiger partial charge in [0, 0.05) is 5.75 Å². The van der Waals surface area contributed by atoms with Crippen LogP contribution >= 0.6 is 11.8 Å². The molecule has 0 radical (unpaired) electrons. The number of benzene rings is 3. The topological polar surface area (TPSA) is 37.3 Å². The van der Waals surface area contributed by atoms with Gasteiger partial charge in [-0.1, -0.05) is 42.5 Å². The second-order valence-corrected chi connectivity index (χ2v) is 5.75. The quantitative estimate of drug-likeness (QED) is 0.724. The van der Waals surface area contributed by atoms with Gasteiger partial charge >= 0.3 is 5.97 Å². The summed E-state index contributed by atoms with van der Waals surface area (Å²) in [6.07, 6.45) is 0. The molecule has 0 amide bonds. The number of aliphatic carboxylic acids is 1. The molecule has 0 atom stereocenters. The van der Waals surface area contributed by atoms with Crippen molar-refractivity contribution in [3.8, 4) is 0 Å². The maximum atomic E-state index is 10.5. The average molecular weight is 282 g/mol. The fourth-order valence-corrected chi connectivity index (χ4v) is 3.03. The highest BCUT2D eigenvalue weighted by Gasteiger charge is 2.02. The first kappa shape index (κ1) is 13.0. The highest BCUT2D eigenvalue weighted by atomic mass is 32.2. The molecule has 3 heteroatoms. The number of hydrogen-bond donors (Lipinski definition) is 1. The van der Waals surface area contributed by atoms with Crippen molar-refractivity contribution in [1.82, 2.24) is 0 Å². The summed E-state index contributed by atoms with van der Waals surface area (Å²) in [4.78, 5) is 10.5. The second-order valence-electron chi connectivity index (χ2n) is 4.77. The van der Waals surface area contributed by atoms with Gasteiger partial charge in [-0.15, -0.1) is 11.8 Å². The summed E-state index contributed by atoms with van der Waals surface area (Å²) in [5, 5.41) is 13.6. The summed E-state index contributed by atoms with van der Waals surface area (Å²) in [5.74, 6) is 0.118. The zero-order valence-electron chi connectivity index (χ0n) is 10.9. The Kier molecular flexibility index (Phi) is 3.61. The molecule has 3 aromatic carbocycles. The SMILES string of the molecule is O=C(O)CSCc1ccc2cc3ccccc3cc2c1. The minimum Gasteiger partial charge on any atom is -0.481 e. The van der Waals surface area contributed by atoms with Crippen LogP contribution in [0.15, 0.2) is 54.6 Å². The first-order chi connectivity index (χ1) is 9.72. The Morgan fingerprint density at radius 2 is 1.55 bits per heavy atom. The van der Waals surface area contributed by atoms with Crippen LogP contribution in [0.25, 0.3) is 21.5 Å². The molecule has 2 nitrogen and oxygen atoms in total. The van der Waals surface area contributed by atoms with E-state index in [0.717, 1.165) is 5.75 Å². The fourth-order valence-electron chi connectivity index (χ4n) is 2.34. The van der Waals surface area contributed by atoms with Crippen LogP contribution in [-0.2, 0) is 10.5 Å². The van der Waals surface area contributed by atoms with E-state index in [-0.39, 0.29) is 5.75 Å². The van der Waals surface area contributed by atoms with Crippen LogP contribution < -0.4 is 0 Å². The Bertz CT molecular complexity index is 780. The zero-order chi connectivity index (χ0) is 13.9. The second kappa shape index (κ2) is 5.55. The molecule has 0 heterocycles. The monoisotopic (exact) mass is 282 g/mol. The molecular weight excluding hydrogens is 268 g/mol. The van der Waals surface area contributed by atoms with Gasteiger partial charge in [0.1, 0.15) is 0 Å². The van der Waals surface area contributed by atoms with Crippen molar-refractivity contribution in [3.63, 3.8) is 0 Å². The molecule has 0 aromatic heterocycles. The third-order valence-corrected chi connectivity index (χ3v) is 4.25. The van der Waals surface area contributed by atoms with E-state index >= 15 is 0 Å². The molecule has 3 rings (SSSR count). The molecule has 1 N–H and O–H groups in total. The third-order valence-electron chi connectivity index (χ3n) is 3.26. The summed E-state index contributed by atoms with van der Waals surface area (Å²) in [6, 6.07) is 19.0. The molecule has 0 bridgehead atoms. The van der Waals surface area contributed by atoms with Gasteiger partial charge in [-0.3, -0.25) is 4.79 Å². The molecule has 0 aliphatic heterocycles. The van der Waals surface area contributed by atoms with Crippen LogP contribution in [-0.4, -0.2) is 16.8 Å². The predicted octanol–water partition coefficient (Wildman–Crippen LogP) is 4.31.